The Morgan fingerprint density at radius 3 is 2.83 bits per heavy atom. The number of halogens is 1. The first-order chi connectivity index (χ1) is 11.1. The van der Waals surface area contributed by atoms with Crippen LogP contribution in [-0.4, -0.2) is 65.8 Å². The van der Waals surface area contributed by atoms with Gasteiger partial charge in [0, 0.05) is 45.3 Å². The van der Waals surface area contributed by atoms with Crippen molar-refractivity contribution in [3.63, 3.8) is 0 Å². The molecule has 0 radical (unpaired) electrons. The van der Waals surface area contributed by atoms with E-state index in [1.54, 1.807) is 12.3 Å². The number of likely N-dealkylation sites (N-methyl/N-ethyl adjacent to an activating group) is 1. The predicted octanol–water partition coefficient (Wildman–Crippen LogP) is 2.34. The summed E-state index contributed by atoms with van der Waals surface area (Å²) < 4.78 is 20.0. The van der Waals surface area contributed by atoms with E-state index in [1.165, 1.54) is 6.07 Å². The maximum Gasteiger partial charge on any atom is 0.144 e. The summed E-state index contributed by atoms with van der Waals surface area (Å²) >= 11 is 0. The Hall–Kier alpha value is -1.04. The van der Waals surface area contributed by atoms with Gasteiger partial charge in [0.25, 0.3) is 0 Å². The van der Waals surface area contributed by atoms with Crippen LogP contribution in [0.5, 0.6) is 0 Å². The number of pyridine rings is 1. The SMILES string of the molecule is CCN1CC(C)OC2(CCN(CCc3ncccc3F)CC2)C1. The largest absolute Gasteiger partial charge is 0.369 e. The first-order valence-corrected chi connectivity index (χ1v) is 8.82. The summed E-state index contributed by atoms with van der Waals surface area (Å²) in [5.74, 6) is -0.191. The minimum Gasteiger partial charge on any atom is -0.369 e. The van der Waals surface area contributed by atoms with Crippen LogP contribution in [-0.2, 0) is 11.2 Å². The van der Waals surface area contributed by atoms with Crippen molar-refractivity contribution in [1.82, 2.24) is 14.8 Å². The van der Waals surface area contributed by atoms with Crippen molar-refractivity contribution >= 4 is 0 Å². The minimum absolute atomic E-state index is 0.0282. The molecule has 0 saturated carbocycles. The van der Waals surface area contributed by atoms with Crippen LogP contribution >= 0.6 is 0 Å². The number of piperidine rings is 1. The molecular formula is C18H28FN3O. The van der Waals surface area contributed by atoms with Gasteiger partial charge in [-0.15, -0.1) is 0 Å². The molecule has 1 atom stereocenters. The van der Waals surface area contributed by atoms with Crippen LogP contribution in [0.15, 0.2) is 18.3 Å². The van der Waals surface area contributed by atoms with Crippen LogP contribution in [0.4, 0.5) is 4.39 Å². The zero-order valence-corrected chi connectivity index (χ0v) is 14.3. The fourth-order valence-electron chi connectivity index (χ4n) is 3.90. The average molecular weight is 321 g/mol. The van der Waals surface area contributed by atoms with Crippen molar-refractivity contribution in [2.75, 3.05) is 39.3 Å². The van der Waals surface area contributed by atoms with Gasteiger partial charge >= 0.3 is 0 Å². The third-order valence-electron chi connectivity index (χ3n) is 5.19. The van der Waals surface area contributed by atoms with Crippen molar-refractivity contribution < 1.29 is 9.13 Å². The molecule has 2 aliphatic rings. The summed E-state index contributed by atoms with van der Waals surface area (Å²) in [6, 6.07) is 3.13. The van der Waals surface area contributed by atoms with E-state index in [2.05, 4.69) is 28.6 Å². The molecule has 3 heterocycles. The van der Waals surface area contributed by atoms with Gasteiger partial charge in [0.1, 0.15) is 5.82 Å². The van der Waals surface area contributed by atoms with E-state index >= 15 is 0 Å². The molecule has 2 saturated heterocycles. The molecule has 128 valence electrons. The second-order valence-corrected chi connectivity index (χ2v) is 6.96. The minimum atomic E-state index is -0.191. The maximum atomic E-state index is 13.6. The topological polar surface area (TPSA) is 28.6 Å². The van der Waals surface area contributed by atoms with E-state index in [0.29, 0.717) is 18.2 Å². The predicted molar refractivity (Wildman–Crippen MR) is 89.0 cm³/mol. The molecule has 2 fully saturated rings. The summed E-state index contributed by atoms with van der Waals surface area (Å²) in [6.45, 7) is 10.5. The number of rotatable bonds is 4. The van der Waals surface area contributed by atoms with Crippen LogP contribution in [0.3, 0.4) is 0 Å². The Bertz CT molecular complexity index is 517. The molecule has 1 aromatic rings. The number of hydrogen-bond acceptors (Lipinski definition) is 4. The molecule has 23 heavy (non-hydrogen) atoms. The maximum absolute atomic E-state index is 13.6. The highest BCUT2D eigenvalue weighted by Gasteiger charge is 2.41. The van der Waals surface area contributed by atoms with Crippen molar-refractivity contribution in [3.05, 3.63) is 29.8 Å². The number of morpholine rings is 1. The summed E-state index contributed by atoms with van der Waals surface area (Å²) in [6.07, 6.45) is 4.80. The van der Waals surface area contributed by atoms with Gasteiger partial charge in [-0.1, -0.05) is 6.92 Å². The van der Waals surface area contributed by atoms with E-state index < -0.39 is 0 Å². The molecule has 0 N–H and O–H groups in total. The number of nitrogens with zero attached hydrogens (tertiary/aromatic N) is 3. The summed E-state index contributed by atoms with van der Waals surface area (Å²) in [5.41, 5.74) is 0.605. The van der Waals surface area contributed by atoms with Crippen molar-refractivity contribution in [3.8, 4) is 0 Å². The molecular weight excluding hydrogens is 293 g/mol. The second-order valence-electron chi connectivity index (χ2n) is 6.96. The lowest BCUT2D eigenvalue weighted by Crippen LogP contribution is -2.59. The van der Waals surface area contributed by atoms with Gasteiger partial charge in [0.15, 0.2) is 0 Å². The van der Waals surface area contributed by atoms with E-state index in [-0.39, 0.29) is 11.4 Å². The van der Waals surface area contributed by atoms with Gasteiger partial charge in [-0.05, 0) is 38.4 Å². The highest BCUT2D eigenvalue weighted by atomic mass is 19.1. The highest BCUT2D eigenvalue weighted by molar-refractivity contribution is 5.07. The van der Waals surface area contributed by atoms with Crippen LogP contribution < -0.4 is 0 Å². The summed E-state index contributed by atoms with van der Waals surface area (Å²) in [7, 11) is 0. The molecule has 3 rings (SSSR count). The monoisotopic (exact) mass is 321 g/mol. The molecule has 0 amide bonds. The molecule has 1 spiro atoms. The molecule has 0 aliphatic carbocycles. The van der Waals surface area contributed by atoms with Crippen molar-refractivity contribution in [1.29, 1.82) is 0 Å². The first-order valence-electron chi connectivity index (χ1n) is 8.82. The Balaban J connectivity index is 1.51. The van der Waals surface area contributed by atoms with Crippen LogP contribution in [0, 0.1) is 5.82 Å². The zero-order valence-electron chi connectivity index (χ0n) is 14.3. The van der Waals surface area contributed by atoms with Gasteiger partial charge in [0.2, 0.25) is 0 Å². The van der Waals surface area contributed by atoms with Crippen LogP contribution in [0.25, 0.3) is 0 Å². The quantitative estimate of drug-likeness (QED) is 0.851. The summed E-state index contributed by atoms with van der Waals surface area (Å²) in [5, 5.41) is 0. The van der Waals surface area contributed by atoms with Crippen LogP contribution in [0.1, 0.15) is 32.4 Å². The van der Waals surface area contributed by atoms with E-state index in [9.17, 15) is 4.39 Å². The fraction of sp³-hybridized carbons (Fsp3) is 0.722. The Kier molecular flexibility index (Phi) is 5.29. The van der Waals surface area contributed by atoms with E-state index in [1.807, 2.05) is 0 Å². The van der Waals surface area contributed by atoms with Crippen LogP contribution in [0.2, 0.25) is 0 Å². The summed E-state index contributed by atoms with van der Waals surface area (Å²) in [4.78, 5) is 9.07. The highest BCUT2D eigenvalue weighted by Crippen LogP contribution is 2.32. The van der Waals surface area contributed by atoms with Gasteiger partial charge in [-0.3, -0.25) is 9.88 Å². The van der Waals surface area contributed by atoms with Gasteiger partial charge in [-0.2, -0.15) is 0 Å². The Morgan fingerprint density at radius 1 is 1.35 bits per heavy atom. The van der Waals surface area contributed by atoms with E-state index in [0.717, 1.165) is 52.1 Å². The fourth-order valence-corrected chi connectivity index (χ4v) is 3.90. The van der Waals surface area contributed by atoms with Gasteiger partial charge < -0.3 is 9.64 Å². The molecule has 4 nitrogen and oxygen atoms in total. The molecule has 1 aromatic heterocycles. The number of aromatic nitrogens is 1. The molecule has 1 unspecified atom stereocenters. The average Bonchev–Trinajstić information content (AvgIpc) is 2.55. The van der Waals surface area contributed by atoms with Crippen molar-refractivity contribution in [2.45, 2.75) is 44.8 Å². The first kappa shape index (κ1) is 16.8. The number of likely N-dealkylation sites (tertiary alicyclic amines) is 1. The smallest absolute Gasteiger partial charge is 0.144 e. The molecule has 5 heteroatoms. The third-order valence-corrected chi connectivity index (χ3v) is 5.19. The zero-order chi connectivity index (χ0) is 16.3. The van der Waals surface area contributed by atoms with E-state index in [4.69, 9.17) is 4.74 Å². The lowest BCUT2D eigenvalue weighted by molar-refractivity contribution is -0.169. The van der Waals surface area contributed by atoms with Crippen molar-refractivity contribution in [2.24, 2.45) is 0 Å². The molecule has 0 aromatic carbocycles. The number of ether oxygens (including phenoxy) is 1. The standard InChI is InChI=1S/C18H28FN3O/c1-3-21-13-15(2)23-18(14-21)7-11-22(12-8-18)10-6-17-16(19)5-4-9-20-17/h4-5,9,15H,3,6-8,10-14H2,1-2H3. The molecule has 2 aliphatic heterocycles. The molecule has 0 bridgehead atoms. The normalized spacial score (nSPS) is 25.8. The van der Waals surface area contributed by atoms with Gasteiger partial charge in [0.05, 0.1) is 17.4 Å². The van der Waals surface area contributed by atoms with Gasteiger partial charge in [-0.25, -0.2) is 4.39 Å². The Morgan fingerprint density at radius 2 is 2.13 bits per heavy atom. The third kappa shape index (κ3) is 4.08. The number of hydrogen-bond donors (Lipinski definition) is 0. The lowest BCUT2D eigenvalue weighted by atomic mass is 9.88. The Labute approximate surface area is 138 Å². The lowest BCUT2D eigenvalue weighted by Gasteiger charge is -2.49. The second kappa shape index (κ2) is 7.24.